The number of nitrogens with zero attached hydrogens (tertiary/aromatic N) is 3. The number of allylic oxidation sites excluding steroid dienone is 3. The van der Waals surface area contributed by atoms with Gasteiger partial charge in [-0.3, -0.25) is 9.48 Å². The first-order valence-corrected chi connectivity index (χ1v) is 9.09. The van der Waals surface area contributed by atoms with Gasteiger partial charge in [0, 0.05) is 36.7 Å². The van der Waals surface area contributed by atoms with Crippen LogP contribution in [0, 0.1) is 16.7 Å². The standard InChI is InChI=1S/C20H26N4O2/c1-6-24-10-13(18(23-24)11(2)3)16-12(9-21)19(22)26-15-8-20(4,5)7-14(25)17(15)16/h10-11,16H,6-8,22H2,1-5H3. The smallest absolute Gasteiger partial charge is 0.205 e. The number of carbonyl (C=O) groups excluding carboxylic acids is 1. The molecule has 138 valence electrons. The van der Waals surface area contributed by atoms with Gasteiger partial charge in [-0.1, -0.05) is 27.7 Å². The van der Waals surface area contributed by atoms with Crippen molar-refractivity contribution in [2.45, 2.75) is 65.8 Å². The highest BCUT2D eigenvalue weighted by molar-refractivity contribution is 6.00. The van der Waals surface area contributed by atoms with Crippen molar-refractivity contribution in [3.63, 3.8) is 0 Å². The Kier molecular flexibility index (Phi) is 4.43. The molecule has 2 N–H and O–H groups in total. The summed E-state index contributed by atoms with van der Waals surface area (Å²) in [6.45, 7) is 10.9. The molecule has 0 saturated heterocycles. The zero-order chi connectivity index (χ0) is 19.2. The number of hydrogen-bond acceptors (Lipinski definition) is 5. The highest BCUT2D eigenvalue weighted by Gasteiger charge is 2.44. The van der Waals surface area contributed by atoms with Crippen LogP contribution in [-0.4, -0.2) is 15.6 Å². The average Bonchev–Trinajstić information content (AvgIpc) is 2.96. The second kappa shape index (κ2) is 6.31. The van der Waals surface area contributed by atoms with Gasteiger partial charge in [0.1, 0.15) is 17.4 Å². The lowest BCUT2D eigenvalue weighted by molar-refractivity contribution is -0.119. The molecule has 3 rings (SSSR count). The molecule has 1 aromatic rings. The van der Waals surface area contributed by atoms with Crippen molar-refractivity contribution >= 4 is 5.78 Å². The number of hydrogen-bond donors (Lipinski definition) is 1. The van der Waals surface area contributed by atoms with Crippen LogP contribution in [0.3, 0.4) is 0 Å². The Bertz CT molecular complexity index is 865. The monoisotopic (exact) mass is 354 g/mol. The van der Waals surface area contributed by atoms with Crippen LogP contribution in [0.2, 0.25) is 0 Å². The molecule has 0 spiro atoms. The molecule has 0 radical (unpaired) electrons. The minimum atomic E-state index is -0.495. The molecule has 1 unspecified atom stereocenters. The van der Waals surface area contributed by atoms with Crippen LogP contribution >= 0.6 is 0 Å². The van der Waals surface area contributed by atoms with Crippen LogP contribution in [-0.2, 0) is 16.1 Å². The maximum atomic E-state index is 13.0. The predicted octanol–water partition coefficient (Wildman–Crippen LogP) is 3.48. The number of nitriles is 1. The molecule has 0 aromatic carbocycles. The predicted molar refractivity (Wildman–Crippen MR) is 97.7 cm³/mol. The van der Waals surface area contributed by atoms with Gasteiger partial charge in [0.15, 0.2) is 5.78 Å². The van der Waals surface area contributed by atoms with E-state index in [-0.39, 0.29) is 23.0 Å². The van der Waals surface area contributed by atoms with E-state index in [0.29, 0.717) is 29.7 Å². The normalized spacial score (nSPS) is 22.3. The molecule has 2 heterocycles. The van der Waals surface area contributed by atoms with Crippen LogP contribution in [0.4, 0.5) is 0 Å². The molecule has 2 aliphatic rings. The molecule has 1 atom stereocenters. The maximum absolute atomic E-state index is 13.0. The van der Waals surface area contributed by atoms with Gasteiger partial charge >= 0.3 is 0 Å². The zero-order valence-corrected chi connectivity index (χ0v) is 16.1. The van der Waals surface area contributed by atoms with Gasteiger partial charge < -0.3 is 10.5 Å². The molecule has 1 aliphatic heterocycles. The van der Waals surface area contributed by atoms with E-state index in [1.54, 1.807) is 0 Å². The molecule has 0 bridgehead atoms. The summed E-state index contributed by atoms with van der Waals surface area (Å²) in [5, 5.41) is 14.4. The van der Waals surface area contributed by atoms with Crippen molar-refractivity contribution in [3.8, 4) is 6.07 Å². The Morgan fingerprint density at radius 2 is 2.15 bits per heavy atom. The summed E-state index contributed by atoms with van der Waals surface area (Å²) >= 11 is 0. The molecule has 0 fully saturated rings. The number of rotatable bonds is 3. The molecule has 0 amide bonds. The number of Topliss-reactive ketones (excluding diaryl/α,β-unsaturated/α-hetero) is 1. The van der Waals surface area contributed by atoms with Crippen molar-refractivity contribution in [2.24, 2.45) is 11.1 Å². The van der Waals surface area contributed by atoms with E-state index in [1.165, 1.54) is 0 Å². The number of aromatic nitrogens is 2. The lowest BCUT2D eigenvalue weighted by atomic mass is 9.70. The fraction of sp³-hybridized carbons (Fsp3) is 0.550. The molecule has 6 nitrogen and oxygen atoms in total. The minimum Gasteiger partial charge on any atom is -0.444 e. The van der Waals surface area contributed by atoms with Crippen molar-refractivity contribution < 1.29 is 9.53 Å². The Labute approximate surface area is 154 Å². The summed E-state index contributed by atoms with van der Waals surface area (Å²) in [4.78, 5) is 13.0. The van der Waals surface area contributed by atoms with E-state index in [2.05, 4.69) is 25.0 Å². The van der Waals surface area contributed by atoms with Crippen LogP contribution in [0.1, 0.15) is 70.6 Å². The summed E-state index contributed by atoms with van der Waals surface area (Å²) in [6, 6.07) is 2.18. The number of ether oxygens (including phenoxy) is 1. The second-order valence-corrected chi connectivity index (χ2v) is 8.18. The Balaban J connectivity index is 2.24. The van der Waals surface area contributed by atoms with Gasteiger partial charge in [-0.05, 0) is 18.3 Å². The quantitative estimate of drug-likeness (QED) is 0.897. The van der Waals surface area contributed by atoms with E-state index in [1.807, 2.05) is 31.6 Å². The molecular formula is C20H26N4O2. The lowest BCUT2D eigenvalue weighted by Gasteiger charge is -2.37. The van der Waals surface area contributed by atoms with Crippen molar-refractivity contribution in [1.29, 1.82) is 5.26 Å². The molecular weight excluding hydrogens is 328 g/mol. The van der Waals surface area contributed by atoms with Gasteiger partial charge in [-0.2, -0.15) is 10.4 Å². The molecule has 1 aromatic heterocycles. The fourth-order valence-corrected chi connectivity index (χ4v) is 3.88. The topological polar surface area (TPSA) is 93.9 Å². The van der Waals surface area contributed by atoms with Crippen LogP contribution in [0.25, 0.3) is 0 Å². The third-order valence-corrected chi connectivity index (χ3v) is 5.08. The van der Waals surface area contributed by atoms with E-state index in [4.69, 9.17) is 10.5 Å². The summed E-state index contributed by atoms with van der Waals surface area (Å²) in [5.74, 6) is 0.402. The lowest BCUT2D eigenvalue weighted by Crippen LogP contribution is -2.33. The summed E-state index contributed by atoms with van der Waals surface area (Å²) in [7, 11) is 0. The van der Waals surface area contributed by atoms with Gasteiger partial charge in [0.05, 0.1) is 11.6 Å². The van der Waals surface area contributed by atoms with E-state index < -0.39 is 5.92 Å². The first kappa shape index (κ1) is 18.2. The third-order valence-electron chi connectivity index (χ3n) is 5.08. The highest BCUT2D eigenvalue weighted by atomic mass is 16.5. The molecule has 6 heteroatoms. The third kappa shape index (κ3) is 2.92. The van der Waals surface area contributed by atoms with Gasteiger partial charge in [-0.15, -0.1) is 0 Å². The van der Waals surface area contributed by atoms with Crippen molar-refractivity contribution in [1.82, 2.24) is 9.78 Å². The van der Waals surface area contributed by atoms with Crippen LogP contribution in [0.5, 0.6) is 0 Å². The van der Waals surface area contributed by atoms with E-state index >= 15 is 0 Å². The van der Waals surface area contributed by atoms with Gasteiger partial charge in [0.25, 0.3) is 0 Å². The molecule has 1 aliphatic carbocycles. The van der Waals surface area contributed by atoms with Gasteiger partial charge in [0.2, 0.25) is 5.88 Å². The Hall–Kier alpha value is -2.55. The summed E-state index contributed by atoms with van der Waals surface area (Å²) < 4.78 is 7.60. The molecule has 26 heavy (non-hydrogen) atoms. The minimum absolute atomic E-state index is 0.0282. The first-order valence-electron chi connectivity index (χ1n) is 9.09. The largest absolute Gasteiger partial charge is 0.444 e. The fourth-order valence-electron chi connectivity index (χ4n) is 3.88. The summed E-state index contributed by atoms with van der Waals surface area (Å²) in [6.07, 6.45) is 3.00. The number of nitrogens with two attached hydrogens (primary N) is 1. The van der Waals surface area contributed by atoms with E-state index in [0.717, 1.165) is 17.8 Å². The first-order chi connectivity index (χ1) is 12.2. The second-order valence-electron chi connectivity index (χ2n) is 8.18. The Morgan fingerprint density at radius 3 is 2.73 bits per heavy atom. The zero-order valence-electron chi connectivity index (χ0n) is 16.1. The van der Waals surface area contributed by atoms with Crippen LogP contribution in [0.15, 0.2) is 29.0 Å². The number of carbonyl (C=O) groups is 1. The summed E-state index contributed by atoms with van der Waals surface area (Å²) in [5.41, 5.74) is 8.55. The average molecular weight is 354 g/mol. The van der Waals surface area contributed by atoms with Crippen molar-refractivity contribution in [3.05, 3.63) is 40.2 Å². The van der Waals surface area contributed by atoms with E-state index in [9.17, 15) is 10.1 Å². The van der Waals surface area contributed by atoms with Crippen LogP contribution < -0.4 is 5.73 Å². The van der Waals surface area contributed by atoms with Crippen molar-refractivity contribution in [2.75, 3.05) is 0 Å². The highest BCUT2D eigenvalue weighted by Crippen LogP contribution is 2.48. The maximum Gasteiger partial charge on any atom is 0.205 e. The SMILES string of the molecule is CCn1cc(C2C(C#N)=C(N)OC3=C2C(=O)CC(C)(C)C3)c(C(C)C)n1. The Morgan fingerprint density at radius 1 is 1.46 bits per heavy atom. The number of ketones is 1. The molecule has 0 saturated carbocycles. The number of aryl methyl sites for hydroxylation is 1. The van der Waals surface area contributed by atoms with Gasteiger partial charge in [-0.25, -0.2) is 0 Å².